The van der Waals surface area contributed by atoms with Gasteiger partial charge in [-0.2, -0.15) is 0 Å². The van der Waals surface area contributed by atoms with Crippen LogP contribution in [0.25, 0.3) is 0 Å². The predicted octanol–water partition coefficient (Wildman–Crippen LogP) is 2.47. The second kappa shape index (κ2) is 7.37. The normalized spacial score (nSPS) is 18.1. The van der Waals surface area contributed by atoms with Crippen LogP contribution in [0.5, 0.6) is 0 Å². The lowest BCUT2D eigenvalue weighted by Crippen LogP contribution is -2.43. The molecule has 104 valence electrons. The number of nitrogens with one attached hydrogen (secondary N) is 1. The van der Waals surface area contributed by atoms with E-state index in [0.717, 1.165) is 19.4 Å². The highest BCUT2D eigenvalue weighted by Crippen LogP contribution is 2.20. The summed E-state index contributed by atoms with van der Waals surface area (Å²) in [5, 5.41) is 3.01. The van der Waals surface area contributed by atoms with E-state index in [1.807, 2.05) is 13.8 Å². The Morgan fingerprint density at radius 3 is 1.94 bits per heavy atom. The highest BCUT2D eigenvalue weighted by Gasteiger charge is 2.26. The molecule has 0 bridgehead atoms. The number of sulfone groups is 1. The van der Waals surface area contributed by atoms with Gasteiger partial charge in [0.25, 0.3) is 0 Å². The van der Waals surface area contributed by atoms with Gasteiger partial charge in [-0.1, -0.05) is 27.7 Å². The van der Waals surface area contributed by atoms with Crippen LogP contribution in [0.15, 0.2) is 0 Å². The molecule has 0 saturated carbocycles. The molecule has 3 nitrogen and oxygen atoms in total. The Bertz CT molecular complexity index is 299. The number of hydrogen-bond donors (Lipinski definition) is 1. The number of hydrogen-bond acceptors (Lipinski definition) is 3. The standard InChI is InChI=1S/C13H29NO2S/c1-7-14-13(12(5)17(6,15)16)9-11(4)8-10(2)3/h10-14H,7-9H2,1-6H3. The van der Waals surface area contributed by atoms with Crippen molar-refractivity contribution in [1.29, 1.82) is 0 Å². The summed E-state index contributed by atoms with van der Waals surface area (Å²) in [6, 6.07) is 0.0729. The fourth-order valence-corrected chi connectivity index (χ4v) is 3.14. The summed E-state index contributed by atoms with van der Waals surface area (Å²) >= 11 is 0. The highest BCUT2D eigenvalue weighted by atomic mass is 32.2. The Balaban J connectivity index is 4.53. The molecule has 0 aromatic rings. The molecule has 0 heterocycles. The van der Waals surface area contributed by atoms with Gasteiger partial charge in [0.2, 0.25) is 0 Å². The van der Waals surface area contributed by atoms with Crippen LogP contribution >= 0.6 is 0 Å². The maximum Gasteiger partial charge on any atom is 0.151 e. The summed E-state index contributed by atoms with van der Waals surface area (Å²) in [4.78, 5) is 0. The molecule has 0 amide bonds. The first-order valence-corrected chi connectivity index (χ1v) is 8.56. The maximum absolute atomic E-state index is 11.6. The lowest BCUT2D eigenvalue weighted by molar-refractivity contribution is 0.349. The highest BCUT2D eigenvalue weighted by molar-refractivity contribution is 7.91. The van der Waals surface area contributed by atoms with E-state index in [1.165, 1.54) is 6.26 Å². The largest absolute Gasteiger partial charge is 0.313 e. The molecule has 3 atom stereocenters. The molecule has 0 aromatic carbocycles. The van der Waals surface area contributed by atoms with E-state index in [9.17, 15) is 8.42 Å². The lowest BCUT2D eigenvalue weighted by Gasteiger charge is -2.27. The first kappa shape index (κ1) is 16.9. The van der Waals surface area contributed by atoms with Gasteiger partial charge >= 0.3 is 0 Å². The zero-order valence-corrected chi connectivity index (χ0v) is 13.0. The van der Waals surface area contributed by atoms with E-state index < -0.39 is 9.84 Å². The van der Waals surface area contributed by atoms with Gasteiger partial charge in [-0.3, -0.25) is 0 Å². The molecular formula is C13H29NO2S. The van der Waals surface area contributed by atoms with Crippen molar-refractivity contribution in [1.82, 2.24) is 5.32 Å². The van der Waals surface area contributed by atoms with Crippen molar-refractivity contribution in [2.75, 3.05) is 12.8 Å². The molecule has 3 unspecified atom stereocenters. The molecule has 4 heteroatoms. The summed E-state index contributed by atoms with van der Waals surface area (Å²) in [5.41, 5.74) is 0. The van der Waals surface area contributed by atoms with E-state index in [4.69, 9.17) is 0 Å². The van der Waals surface area contributed by atoms with Crippen molar-refractivity contribution >= 4 is 9.84 Å². The monoisotopic (exact) mass is 263 g/mol. The maximum atomic E-state index is 11.6. The van der Waals surface area contributed by atoms with Gasteiger partial charge in [0.15, 0.2) is 9.84 Å². The molecule has 0 aliphatic heterocycles. The summed E-state index contributed by atoms with van der Waals surface area (Å²) in [5.74, 6) is 1.23. The van der Waals surface area contributed by atoms with Crippen LogP contribution in [0.2, 0.25) is 0 Å². The van der Waals surface area contributed by atoms with Gasteiger partial charge in [0, 0.05) is 12.3 Å². The van der Waals surface area contributed by atoms with E-state index >= 15 is 0 Å². The van der Waals surface area contributed by atoms with Crippen LogP contribution in [0, 0.1) is 11.8 Å². The van der Waals surface area contributed by atoms with E-state index in [-0.39, 0.29) is 11.3 Å². The lowest BCUT2D eigenvalue weighted by atomic mass is 9.91. The number of rotatable bonds is 8. The topological polar surface area (TPSA) is 46.2 Å². The first-order chi connectivity index (χ1) is 7.68. The molecule has 0 aliphatic carbocycles. The SMILES string of the molecule is CCNC(CC(C)CC(C)C)C(C)S(C)(=O)=O. The van der Waals surface area contributed by atoms with Gasteiger partial charge in [-0.05, 0) is 38.1 Å². The van der Waals surface area contributed by atoms with Crippen LogP contribution in [0.1, 0.15) is 47.5 Å². The molecule has 0 spiro atoms. The zero-order valence-electron chi connectivity index (χ0n) is 12.2. The third kappa shape index (κ3) is 7.04. The Hall–Kier alpha value is -0.0900. The van der Waals surface area contributed by atoms with Crippen LogP contribution < -0.4 is 5.32 Å². The first-order valence-electron chi connectivity index (χ1n) is 6.60. The van der Waals surface area contributed by atoms with Gasteiger partial charge in [-0.15, -0.1) is 0 Å². The Kier molecular flexibility index (Phi) is 7.33. The summed E-state index contributed by atoms with van der Waals surface area (Å²) in [6.45, 7) is 11.3. The van der Waals surface area contributed by atoms with Crippen molar-refractivity contribution < 1.29 is 8.42 Å². The van der Waals surface area contributed by atoms with E-state index in [2.05, 4.69) is 26.1 Å². The average Bonchev–Trinajstić information content (AvgIpc) is 2.13. The fraction of sp³-hybridized carbons (Fsp3) is 1.00. The van der Waals surface area contributed by atoms with Crippen LogP contribution in [-0.2, 0) is 9.84 Å². The third-order valence-electron chi connectivity index (χ3n) is 3.24. The van der Waals surface area contributed by atoms with Gasteiger partial charge in [0.1, 0.15) is 0 Å². The van der Waals surface area contributed by atoms with Crippen LogP contribution in [-0.4, -0.2) is 32.5 Å². The van der Waals surface area contributed by atoms with Crippen LogP contribution in [0.4, 0.5) is 0 Å². The molecule has 0 aliphatic rings. The van der Waals surface area contributed by atoms with Crippen molar-refractivity contribution in [3.8, 4) is 0 Å². The quantitative estimate of drug-likeness (QED) is 0.732. The molecule has 0 aromatic heterocycles. The minimum absolute atomic E-state index is 0.0729. The minimum Gasteiger partial charge on any atom is -0.313 e. The van der Waals surface area contributed by atoms with Crippen molar-refractivity contribution in [2.24, 2.45) is 11.8 Å². The minimum atomic E-state index is -2.96. The Labute approximate surface area is 107 Å². The van der Waals surface area contributed by atoms with Crippen molar-refractivity contribution in [3.05, 3.63) is 0 Å². The molecule has 17 heavy (non-hydrogen) atoms. The van der Waals surface area contributed by atoms with E-state index in [1.54, 1.807) is 0 Å². The van der Waals surface area contributed by atoms with Crippen LogP contribution in [0.3, 0.4) is 0 Å². The third-order valence-corrected chi connectivity index (χ3v) is 4.92. The molecule has 0 saturated heterocycles. The Morgan fingerprint density at radius 2 is 1.59 bits per heavy atom. The predicted molar refractivity (Wildman–Crippen MR) is 75.0 cm³/mol. The summed E-state index contributed by atoms with van der Waals surface area (Å²) < 4.78 is 23.2. The molecule has 1 N–H and O–H groups in total. The van der Waals surface area contributed by atoms with Crippen molar-refractivity contribution in [2.45, 2.75) is 58.8 Å². The zero-order chi connectivity index (χ0) is 13.6. The molecule has 0 radical (unpaired) electrons. The Morgan fingerprint density at radius 1 is 1.06 bits per heavy atom. The average molecular weight is 263 g/mol. The molecular weight excluding hydrogens is 234 g/mol. The summed E-state index contributed by atoms with van der Waals surface area (Å²) in [7, 11) is -2.96. The molecule has 0 fully saturated rings. The van der Waals surface area contributed by atoms with Gasteiger partial charge in [0.05, 0.1) is 5.25 Å². The van der Waals surface area contributed by atoms with Crippen molar-refractivity contribution in [3.63, 3.8) is 0 Å². The fourth-order valence-electron chi connectivity index (χ4n) is 2.34. The van der Waals surface area contributed by atoms with E-state index in [0.29, 0.717) is 11.8 Å². The smallest absolute Gasteiger partial charge is 0.151 e. The van der Waals surface area contributed by atoms with Gasteiger partial charge in [-0.25, -0.2) is 8.42 Å². The second-order valence-corrected chi connectivity index (χ2v) is 8.07. The molecule has 0 rings (SSSR count). The summed E-state index contributed by atoms with van der Waals surface area (Å²) in [6.07, 6.45) is 3.41. The van der Waals surface area contributed by atoms with Gasteiger partial charge < -0.3 is 5.32 Å². The second-order valence-electron chi connectivity index (χ2n) is 5.67.